The third-order valence-electron chi connectivity index (χ3n) is 3.29. The molecule has 0 aliphatic carbocycles. The van der Waals surface area contributed by atoms with Crippen LogP contribution in [0.4, 0.5) is 10.1 Å². The molecule has 0 fully saturated rings. The highest BCUT2D eigenvalue weighted by Gasteiger charge is 2.17. The van der Waals surface area contributed by atoms with Crippen molar-refractivity contribution >= 4 is 22.7 Å². The van der Waals surface area contributed by atoms with Crippen LogP contribution < -0.4 is 5.32 Å². The number of amides is 1. The number of anilines is 1. The van der Waals surface area contributed by atoms with Gasteiger partial charge in [-0.25, -0.2) is 4.39 Å². The third-order valence-corrected chi connectivity index (χ3v) is 3.29. The van der Waals surface area contributed by atoms with Gasteiger partial charge in [-0.15, -0.1) is 0 Å². The Bertz CT molecular complexity index is 843. The Hall–Kier alpha value is -2.82. The van der Waals surface area contributed by atoms with E-state index >= 15 is 0 Å². The van der Waals surface area contributed by atoms with Crippen molar-refractivity contribution in [2.45, 2.75) is 13.5 Å². The number of aromatic nitrogens is 1. The van der Waals surface area contributed by atoms with Gasteiger partial charge in [0.15, 0.2) is 5.58 Å². The number of halogens is 1. The molecule has 0 atom stereocenters. The van der Waals surface area contributed by atoms with E-state index in [0.717, 1.165) is 11.1 Å². The molecule has 0 saturated heterocycles. The number of furan rings is 1. The highest BCUT2D eigenvalue weighted by molar-refractivity contribution is 6.05. The minimum atomic E-state index is -0.346. The number of nitrogens with one attached hydrogen (secondary N) is 1. The van der Waals surface area contributed by atoms with Crippen LogP contribution in [0, 0.1) is 5.82 Å². The Morgan fingerprint density at radius 1 is 1.32 bits per heavy atom. The van der Waals surface area contributed by atoms with Gasteiger partial charge < -0.3 is 14.3 Å². The topological polar surface area (TPSA) is 47.2 Å². The predicted molar refractivity (Wildman–Crippen MR) is 83.4 cm³/mol. The van der Waals surface area contributed by atoms with Gasteiger partial charge in [0.2, 0.25) is 0 Å². The SMILES string of the molecule is C=C(C)Cn1c(C(=O)Nc2ccc(F)cc2)cc2occc21. The largest absolute Gasteiger partial charge is 0.463 e. The lowest BCUT2D eigenvalue weighted by atomic mass is 10.3. The van der Waals surface area contributed by atoms with E-state index in [-0.39, 0.29) is 11.7 Å². The van der Waals surface area contributed by atoms with Crippen molar-refractivity contribution in [1.29, 1.82) is 0 Å². The standard InChI is InChI=1S/C17H15FN2O2/c1-11(2)10-20-14-7-8-22-16(14)9-15(20)17(21)19-13-5-3-12(18)4-6-13/h3-9H,1,10H2,2H3,(H,19,21). The summed E-state index contributed by atoms with van der Waals surface area (Å²) in [5, 5.41) is 2.75. The molecule has 0 saturated carbocycles. The van der Waals surface area contributed by atoms with Gasteiger partial charge in [0.05, 0.1) is 11.8 Å². The maximum atomic E-state index is 12.9. The third kappa shape index (κ3) is 2.65. The van der Waals surface area contributed by atoms with Gasteiger partial charge in [-0.2, -0.15) is 0 Å². The molecular formula is C17H15FN2O2. The zero-order chi connectivity index (χ0) is 15.7. The average Bonchev–Trinajstić information content (AvgIpc) is 3.04. The first-order valence-corrected chi connectivity index (χ1v) is 6.82. The fourth-order valence-electron chi connectivity index (χ4n) is 2.33. The smallest absolute Gasteiger partial charge is 0.272 e. The van der Waals surface area contributed by atoms with Crippen LogP contribution in [0.3, 0.4) is 0 Å². The summed E-state index contributed by atoms with van der Waals surface area (Å²) in [7, 11) is 0. The van der Waals surface area contributed by atoms with Gasteiger partial charge >= 0.3 is 0 Å². The lowest BCUT2D eigenvalue weighted by Crippen LogP contribution is -2.17. The number of carbonyl (C=O) groups excluding carboxylic acids is 1. The van der Waals surface area contributed by atoms with Crippen molar-refractivity contribution in [3.05, 3.63) is 66.3 Å². The van der Waals surface area contributed by atoms with Crippen LogP contribution in [0.15, 0.2) is 59.2 Å². The molecule has 4 nitrogen and oxygen atoms in total. The molecular weight excluding hydrogens is 283 g/mol. The number of benzene rings is 1. The van der Waals surface area contributed by atoms with Crippen molar-refractivity contribution < 1.29 is 13.6 Å². The second-order valence-corrected chi connectivity index (χ2v) is 5.20. The Labute approximate surface area is 126 Å². The molecule has 1 N–H and O–H groups in total. The predicted octanol–water partition coefficient (Wildman–Crippen LogP) is 4.20. The quantitative estimate of drug-likeness (QED) is 0.734. The summed E-state index contributed by atoms with van der Waals surface area (Å²) < 4.78 is 20.1. The van der Waals surface area contributed by atoms with Gasteiger partial charge in [-0.3, -0.25) is 4.79 Å². The fraction of sp³-hybridized carbons (Fsp3) is 0.118. The molecule has 0 spiro atoms. The molecule has 1 aromatic carbocycles. The van der Waals surface area contributed by atoms with E-state index in [9.17, 15) is 9.18 Å². The maximum absolute atomic E-state index is 12.9. The fourth-order valence-corrected chi connectivity index (χ4v) is 2.33. The second-order valence-electron chi connectivity index (χ2n) is 5.20. The Kier molecular flexibility index (Phi) is 3.55. The molecule has 3 rings (SSSR count). The van der Waals surface area contributed by atoms with E-state index in [2.05, 4.69) is 11.9 Å². The minimum Gasteiger partial charge on any atom is -0.463 e. The summed E-state index contributed by atoms with van der Waals surface area (Å²) in [5.41, 5.74) is 3.42. The number of hydrogen-bond donors (Lipinski definition) is 1. The minimum absolute atomic E-state index is 0.278. The van der Waals surface area contributed by atoms with Crippen LogP contribution in [0.5, 0.6) is 0 Å². The van der Waals surface area contributed by atoms with Gasteiger partial charge in [0.25, 0.3) is 5.91 Å². The highest BCUT2D eigenvalue weighted by Crippen LogP contribution is 2.23. The molecule has 112 valence electrons. The molecule has 0 aliphatic heterocycles. The van der Waals surface area contributed by atoms with E-state index in [1.165, 1.54) is 24.3 Å². The van der Waals surface area contributed by atoms with Crippen molar-refractivity contribution in [3.63, 3.8) is 0 Å². The monoisotopic (exact) mass is 298 g/mol. The summed E-state index contributed by atoms with van der Waals surface area (Å²) in [6.45, 7) is 6.31. The van der Waals surface area contributed by atoms with Gasteiger partial charge in [0.1, 0.15) is 11.5 Å². The molecule has 0 radical (unpaired) electrons. The van der Waals surface area contributed by atoms with E-state index in [0.29, 0.717) is 23.5 Å². The van der Waals surface area contributed by atoms with Crippen LogP contribution in [-0.2, 0) is 6.54 Å². The summed E-state index contributed by atoms with van der Waals surface area (Å²) in [4.78, 5) is 12.5. The Morgan fingerprint density at radius 3 is 2.73 bits per heavy atom. The molecule has 3 aromatic rings. The van der Waals surface area contributed by atoms with E-state index < -0.39 is 0 Å². The molecule has 0 unspecified atom stereocenters. The summed E-state index contributed by atoms with van der Waals surface area (Å²) in [6.07, 6.45) is 1.58. The number of hydrogen-bond acceptors (Lipinski definition) is 2. The van der Waals surface area contributed by atoms with Gasteiger partial charge in [0, 0.05) is 24.4 Å². The van der Waals surface area contributed by atoms with E-state index in [4.69, 9.17) is 4.42 Å². The van der Waals surface area contributed by atoms with Crippen LogP contribution in [0.25, 0.3) is 11.1 Å². The van der Waals surface area contributed by atoms with Crippen LogP contribution in [0.2, 0.25) is 0 Å². The van der Waals surface area contributed by atoms with E-state index in [1.807, 2.05) is 17.6 Å². The Balaban J connectivity index is 1.94. The van der Waals surface area contributed by atoms with Gasteiger partial charge in [-0.05, 0) is 31.2 Å². The number of rotatable bonds is 4. The lowest BCUT2D eigenvalue weighted by Gasteiger charge is -2.10. The molecule has 0 bridgehead atoms. The molecule has 1 amide bonds. The average molecular weight is 298 g/mol. The highest BCUT2D eigenvalue weighted by atomic mass is 19.1. The first-order valence-electron chi connectivity index (χ1n) is 6.82. The number of carbonyl (C=O) groups is 1. The summed E-state index contributed by atoms with van der Waals surface area (Å²) in [5.74, 6) is -0.625. The van der Waals surface area contributed by atoms with Crippen molar-refractivity contribution in [3.8, 4) is 0 Å². The van der Waals surface area contributed by atoms with E-state index in [1.54, 1.807) is 12.3 Å². The van der Waals surface area contributed by atoms with Crippen molar-refractivity contribution in [2.75, 3.05) is 5.32 Å². The zero-order valence-electron chi connectivity index (χ0n) is 12.1. The first kappa shape index (κ1) is 14.1. The molecule has 2 aromatic heterocycles. The summed E-state index contributed by atoms with van der Waals surface area (Å²) >= 11 is 0. The normalized spacial score (nSPS) is 10.8. The van der Waals surface area contributed by atoms with Gasteiger partial charge in [-0.1, -0.05) is 12.2 Å². The number of allylic oxidation sites excluding steroid dienone is 1. The molecule has 5 heteroatoms. The van der Waals surface area contributed by atoms with Crippen molar-refractivity contribution in [2.24, 2.45) is 0 Å². The van der Waals surface area contributed by atoms with Crippen LogP contribution in [0.1, 0.15) is 17.4 Å². The van der Waals surface area contributed by atoms with Crippen LogP contribution in [-0.4, -0.2) is 10.5 Å². The lowest BCUT2D eigenvalue weighted by molar-refractivity contribution is 0.101. The summed E-state index contributed by atoms with van der Waals surface area (Å²) in [6, 6.07) is 9.14. The van der Waals surface area contributed by atoms with Crippen molar-refractivity contribution in [1.82, 2.24) is 4.57 Å². The first-order chi connectivity index (χ1) is 10.5. The second kappa shape index (κ2) is 5.52. The van der Waals surface area contributed by atoms with Crippen LogP contribution >= 0.6 is 0 Å². The number of fused-ring (bicyclic) bond motifs is 1. The molecule has 22 heavy (non-hydrogen) atoms. The Morgan fingerprint density at radius 2 is 2.05 bits per heavy atom. The zero-order valence-corrected chi connectivity index (χ0v) is 12.1. The molecule has 0 aliphatic rings. The number of nitrogens with zero attached hydrogens (tertiary/aromatic N) is 1. The maximum Gasteiger partial charge on any atom is 0.272 e. The molecule has 2 heterocycles.